The number of anilines is 2. The fourth-order valence-corrected chi connectivity index (χ4v) is 5.50. The minimum Gasteiger partial charge on any atom is -1.00 e. The molecule has 0 unspecified atom stereocenters. The fraction of sp³-hybridized carbons (Fsp3) is 0.514. The number of benzene rings is 2. The predicted octanol–water partition coefficient (Wildman–Crippen LogP) is 1.88. The first-order chi connectivity index (χ1) is 19.1. The fourth-order valence-electron chi connectivity index (χ4n) is 5.50. The number of aromatic nitrogens is 1. The van der Waals surface area contributed by atoms with Crippen molar-refractivity contribution in [2.75, 3.05) is 36.8 Å². The number of nitrogens with zero attached hydrogens (tertiary/aromatic N) is 2. The topological polar surface area (TPSA) is 40.2 Å². The molecule has 0 spiro atoms. The van der Waals surface area contributed by atoms with Crippen LogP contribution < -0.4 is 44.6 Å². The minimum atomic E-state index is 0. The van der Waals surface area contributed by atoms with E-state index in [4.69, 9.17) is 0 Å². The van der Waals surface area contributed by atoms with Crippen LogP contribution in [0.25, 0.3) is 0 Å². The molecule has 0 bridgehead atoms. The molecule has 7 heteroatoms. The zero-order valence-corrected chi connectivity index (χ0v) is 30.8. The largest absolute Gasteiger partial charge is 2.00 e. The molecule has 1 aromatic heterocycles. The number of hydrogen-bond donors (Lipinski definition) is 2. The molecular formula is C35H52Br2CoN4. The van der Waals surface area contributed by atoms with Gasteiger partial charge in [0.2, 0.25) is 0 Å². The third-order valence-electron chi connectivity index (χ3n) is 7.86. The average Bonchev–Trinajstić information content (AvgIpc) is 2.98. The molecule has 2 N–H and O–H groups in total. The number of rotatable bonds is 17. The van der Waals surface area contributed by atoms with Gasteiger partial charge in [-0.05, 0) is 90.5 Å². The molecule has 0 atom stereocenters. The van der Waals surface area contributed by atoms with Gasteiger partial charge in [-0.3, -0.25) is 9.88 Å². The summed E-state index contributed by atoms with van der Waals surface area (Å²) in [6.45, 7) is 18.4. The number of hydrogen-bond acceptors (Lipinski definition) is 4. The summed E-state index contributed by atoms with van der Waals surface area (Å²) >= 11 is 0. The van der Waals surface area contributed by atoms with Gasteiger partial charge in [-0.2, -0.15) is 0 Å². The molecule has 0 aliphatic carbocycles. The maximum Gasteiger partial charge on any atom is 2.00 e. The van der Waals surface area contributed by atoms with Gasteiger partial charge in [0, 0.05) is 50.3 Å². The first kappa shape index (κ1) is 40.6. The van der Waals surface area contributed by atoms with Gasteiger partial charge in [-0.1, -0.05) is 71.9 Å². The molecule has 3 rings (SSSR count). The summed E-state index contributed by atoms with van der Waals surface area (Å²) in [7, 11) is 0. The Hall–Kier alpha value is -1.38. The Bertz CT molecular complexity index is 1110. The van der Waals surface area contributed by atoms with Gasteiger partial charge in [0.25, 0.3) is 0 Å². The Morgan fingerprint density at radius 3 is 1.50 bits per heavy atom. The Morgan fingerprint density at radius 2 is 1.10 bits per heavy atom. The number of halogens is 2. The second kappa shape index (κ2) is 22.2. The van der Waals surface area contributed by atoms with Crippen molar-refractivity contribution in [3.8, 4) is 0 Å². The van der Waals surface area contributed by atoms with Gasteiger partial charge in [0.15, 0.2) is 0 Å². The van der Waals surface area contributed by atoms with Crippen molar-refractivity contribution in [3.63, 3.8) is 0 Å². The van der Waals surface area contributed by atoms with Crippen LogP contribution in [-0.2, 0) is 61.8 Å². The molecule has 1 radical (unpaired) electrons. The smallest absolute Gasteiger partial charge is 1.00 e. The first-order valence-corrected chi connectivity index (χ1v) is 15.5. The van der Waals surface area contributed by atoms with E-state index >= 15 is 0 Å². The van der Waals surface area contributed by atoms with E-state index in [2.05, 4.69) is 98.5 Å². The monoisotopic (exact) mass is 745 g/mol. The van der Waals surface area contributed by atoms with Gasteiger partial charge in [0.05, 0.1) is 5.69 Å². The molecule has 2 aromatic carbocycles. The molecule has 0 saturated carbocycles. The molecule has 235 valence electrons. The second-order valence-electron chi connectivity index (χ2n) is 10.5. The predicted molar refractivity (Wildman–Crippen MR) is 170 cm³/mol. The quantitative estimate of drug-likeness (QED) is 0.207. The molecule has 0 saturated heterocycles. The van der Waals surface area contributed by atoms with Crippen LogP contribution in [0.2, 0.25) is 0 Å². The number of nitrogens with one attached hydrogen (secondary N) is 2. The van der Waals surface area contributed by atoms with Crippen molar-refractivity contribution in [2.24, 2.45) is 0 Å². The molecule has 4 nitrogen and oxygen atoms in total. The minimum absolute atomic E-state index is 0. The van der Waals surface area contributed by atoms with Crippen LogP contribution in [0.1, 0.15) is 87.0 Å². The molecular weight excluding hydrogens is 695 g/mol. The normalized spacial score (nSPS) is 10.5. The van der Waals surface area contributed by atoms with Crippen molar-refractivity contribution < 1.29 is 50.7 Å². The number of aryl methyl sites for hydroxylation is 6. The Kier molecular flexibility index (Phi) is 21.4. The van der Waals surface area contributed by atoms with Crippen LogP contribution in [0.5, 0.6) is 0 Å². The standard InChI is InChI=1S/C35H52N4.2BrH.Co/c1-7-27-22-29(9-3)34(30(10-4)23-27)37-18-15-20-39(26-33-16-13-14-17-36-33)21-19-38-35-31(11-5)24-28(8-2)25-32(35)12-6;;;/h13-14,16-17,22-25,37-38H,7-12,15,18-21,26H2,1-6H3;2*1H;/q;;;+2/p-2. The van der Waals surface area contributed by atoms with Gasteiger partial charge in [-0.15, -0.1) is 0 Å². The summed E-state index contributed by atoms with van der Waals surface area (Å²) < 4.78 is 0. The van der Waals surface area contributed by atoms with Crippen molar-refractivity contribution in [1.82, 2.24) is 9.88 Å². The van der Waals surface area contributed by atoms with E-state index in [1.165, 1.54) is 44.8 Å². The van der Waals surface area contributed by atoms with Gasteiger partial charge >= 0.3 is 16.8 Å². The zero-order chi connectivity index (χ0) is 28.0. The Labute approximate surface area is 288 Å². The summed E-state index contributed by atoms with van der Waals surface area (Å²) in [5.41, 5.74) is 12.5. The summed E-state index contributed by atoms with van der Waals surface area (Å²) in [6.07, 6.45) is 9.45. The molecule has 0 aliphatic rings. The van der Waals surface area contributed by atoms with E-state index in [1.807, 2.05) is 12.3 Å². The van der Waals surface area contributed by atoms with Crippen LogP contribution in [-0.4, -0.2) is 36.1 Å². The summed E-state index contributed by atoms with van der Waals surface area (Å²) in [5.74, 6) is 0. The molecule has 0 amide bonds. The van der Waals surface area contributed by atoms with Crippen LogP contribution in [0.15, 0.2) is 48.7 Å². The summed E-state index contributed by atoms with van der Waals surface area (Å²) in [6, 6.07) is 15.8. The van der Waals surface area contributed by atoms with E-state index in [-0.39, 0.29) is 50.7 Å². The molecule has 0 fully saturated rings. The van der Waals surface area contributed by atoms with Crippen molar-refractivity contribution >= 4 is 11.4 Å². The van der Waals surface area contributed by atoms with Crippen LogP contribution in [0.3, 0.4) is 0 Å². The third kappa shape index (κ3) is 12.0. The van der Waals surface area contributed by atoms with Crippen molar-refractivity contribution in [3.05, 3.63) is 87.7 Å². The van der Waals surface area contributed by atoms with Crippen LogP contribution in [0.4, 0.5) is 11.4 Å². The maximum atomic E-state index is 4.62. The SMILES string of the molecule is CCc1cc(CC)c(NCCCN(CCNc2c(CC)cc(CC)cc2CC)Cc2ccccn2)c(CC)c1.[Br-].[Br-].[Co+2]. The van der Waals surface area contributed by atoms with E-state index in [1.54, 1.807) is 0 Å². The Morgan fingerprint density at radius 1 is 0.619 bits per heavy atom. The molecule has 0 aliphatic heterocycles. The summed E-state index contributed by atoms with van der Waals surface area (Å²) in [5, 5.41) is 7.65. The maximum absolute atomic E-state index is 4.62. The van der Waals surface area contributed by atoms with Crippen LogP contribution >= 0.6 is 0 Å². The van der Waals surface area contributed by atoms with E-state index < -0.39 is 0 Å². The van der Waals surface area contributed by atoms with Gasteiger partial charge < -0.3 is 44.6 Å². The molecule has 42 heavy (non-hydrogen) atoms. The van der Waals surface area contributed by atoms with Gasteiger partial charge in [0.1, 0.15) is 0 Å². The molecule has 3 aromatic rings. The van der Waals surface area contributed by atoms with Crippen molar-refractivity contribution in [2.45, 2.75) is 93.0 Å². The van der Waals surface area contributed by atoms with E-state index in [9.17, 15) is 0 Å². The number of pyridine rings is 1. The van der Waals surface area contributed by atoms with Crippen LogP contribution in [0, 0.1) is 0 Å². The zero-order valence-electron chi connectivity index (χ0n) is 26.6. The Balaban J connectivity index is 0.00000560. The second-order valence-corrected chi connectivity index (χ2v) is 10.5. The molecule has 1 heterocycles. The first-order valence-electron chi connectivity index (χ1n) is 15.5. The van der Waals surface area contributed by atoms with Gasteiger partial charge in [-0.25, -0.2) is 0 Å². The van der Waals surface area contributed by atoms with Crippen molar-refractivity contribution in [1.29, 1.82) is 0 Å². The van der Waals surface area contributed by atoms with E-state index in [0.29, 0.717) is 0 Å². The summed E-state index contributed by atoms with van der Waals surface area (Å²) in [4.78, 5) is 7.17. The average molecular weight is 748 g/mol. The van der Waals surface area contributed by atoms with E-state index in [0.717, 1.165) is 83.4 Å². The third-order valence-corrected chi connectivity index (χ3v) is 7.86.